The molecular formula is C19H24O6. The van der Waals surface area contributed by atoms with E-state index in [1.54, 1.807) is 6.92 Å². The first-order valence-electron chi connectivity index (χ1n) is 8.49. The summed E-state index contributed by atoms with van der Waals surface area (Å²) >= 11 is 0. The van der Waals surface area contributed by atoms with E-state index < -0.39 is 35.7 Å². The molecule has 0 aromatic heterocycles. The van der Waals surface area contributed by atoms with Crippen LogP contribution < -0.4 is 0 Å². The molecule has 3 aliphatic rings. The zero-order valence-electron chi connectivity index (χ0n) is 14.6. The SMILES string of the molecule is C=C(C)C(=O)OC/C1=C/CC[C@]2(C)O[C@@H]2[C@@H](O)C2C(=C)C(=O)O[C@H]2C1. The second kappa shape index (κ2) is 6.42. The molecule has 5 atom stereocenters. The number of esters is 2. The molecule has 6 nitrogen and oxygen atoms in total. The van der Waals surface area contributed by atoms with Crippen molar-refractivity contribution < 1.29 is 28.9 Å². The Morgan fingerprint density at radius 2 is 2.24 bits per heavy atom. The minimum atomic E-state index is -0.841. The first-order valence-corrected chi connectivity index (χ1v) is 8.49. The second-order valence-electron chi connectivity index (χ2n) is 7.30. The molecule has 0 aromatic rings. The highest BCUT2D eigenvalue weighted by molar-refractivity contribution is 5.91. The van der Waals surface area contributed by atoms with Crippen molar-refractivity contribution >= 4 is 11.9 Å². The summed E-state index contributed by atoms with van der Waals surface area (Å²) in [7, 11) is 0. The molecule has 25 heavy (non-hydrogen) atoms. The number of aliphatic hydroxyl groups is 1. The summed E-state index contributed by atoms with van der Waals surface area (Å²) in [6.07, 6.45) is 2.17. The fourth-order valence-electron chi connectivity index (χ4n) is 3.62. The van der Waals surface area contributed by atoms with Crippen molar-refractivity contribution in [3.05, 3.63) is 36.0 Å². The van der Waals surface area contributed by atoms with E-state index in [0.717, 1.165) is 18.4 Å². The summed E-state index contributed by atoms with van der Waals surface area (Å²) in [6, 6.07) is 0. The second-order valence-corrected chi connectivity index (χ2v) is 7.30. The molecule has 0 amide bonds. The number of rotatable bonds is 3. The molecule has 2 saturated heterocycles. The number of carbonyl (C=O) groups is 2. The van der Waals surface area contributed by atoms with Crippen LogP contribution in [-0.2, 0) is 23.8 Å². The van der Waals surface area contributed by atoms with Crippen LogP contribution in [-0.4, -0.2) is 47.6 Å². The minimum Gasteiger partial charge on any atom is -0.458 e. The zero-order valence-corrected chi connectivity index (χ0v) is 14.6. The Balaban J connectivity index is 1.80. The van der Waals surface area contributed by atoms with Gasteiger partial charge in [-0.2, -0.15) is 0 Å². The Morgan fingerprint density at radius 3 is 2.92 bits per heavy atom. The number of ether oxygens (including phenoxy) is 3. The largest absolute Gasteiger partial charge is 0.458 e. The van der Waals surface area contributed by atoms with E-state index in [0.29, 0.717) is 12.0 Å². The highest BCUT2D eigenvalue weighted by Gasteiger charge is 2.60. The van der Waals surface area contributed by atoms with Crippen LogP contribution in [0.15, 0.2) is 36.0 Å². The van der Waals surface area contributed by atoms with E-state index in [1.807, 2.05) is 13.0 Å². The molecule has 2 heterocycles. The normalized spacial score (nSPS) is 39.4. The van der Waals surface area contributed by atoms with Gasteiger partial charge in [-0.1, -0.05) is 19.2 Å². The van der Waals surface area contributed by atoms with Crippen molar-refractivity contribution in [1.29, 1.82) is 0 Å². The quantitative estimate of drug-likeness (QED) is 0.362. The van der Waals surface area contributed by atoms with Crippen LogP contribution in [0, 0.1) is 5.92 Å². The summed E-state index contributed by atoms with van der Waals surface area (Å²) < 4.78 is 16.4. The van der Waals surface area contributed by atoms with Crippen molar-refractivity contribution in [2.24, 2.45) is 5.92 Å². The molecule has 1 N–H and O–H groups in total. The van der Waals surface area contributed by atoms with E-state index in [1.165, 1.54) is 0 Å². The number of hydrogen-bond acceptors (Lipinski definition) is 6. The van der Waals surface area contributed by atoms with Gasteiger partial charge in [0.05, 0.1) is 17.6 Å². The van der Waals surface area contributed by atoms with Gasteiger partial charge >= 0.3 is 11.9 Å². The van der Waals surface area contributed by atoms with Crippen molar-refractivity contribution in [3.63, 3.8) is 0 Å². The topological polar surface area (TPSA) is 85.4 Å². The van der Waals surface area contributed by atoms with Gasteiger partial charge in [0.25, 0.3) is 0 Å². The lowest BCUT2D eigenvalue weighted by molar-refractivity contribution is -0.141. The van der Waals surface area contributed by atoms with Crippen molar-refractivity contribution in [2.45, 2.75) is 57.0 Å². The van der Waals surface area contributed by atoms with E-state index in [9.17, 15) is 14.7 Å². The summed E-state index contributed by atoms with van der Waals surface area (Å²) in [5.74, 6) is -1.47. The fraction of sp³-hybridized carbons (Fsp3) is 0.579. The maximum absolute atomic E-state index is 12.0. The van der Waals surface area contributed by atoms with Crippen LogP contribution in [0.25, 0.3) is 0 Å². The molecule has 0 spiro atoms. The van der Waals surface area contributed by atoms with Gasteiger partial charge in [0, 0.05) is 17.6 Å². The van der Waals surface area contributed by atoms with E-state index in [4.69, 9.17) is 14.2 Å². The van der Waals surface area contributed by atoms with Crippen LogP contribution in [0.1, 0.15) is 33.1 Å². The first-order chi connectivity index (χ1) is 11.7. The van der Waals surface area contributed by atoms with E-state index in [2.05, 4.69) is 13.2 Å². The standard InChI is InChI=1S/C19H24O6/c1-10(2)17(21)23-9-12-6-5-7-19(4)16(25-19)15(20)14-11(3)18(22)24-13(14)8-12/h6,13-16,20H,1,3,5,7-9H2,2,4H3/b12-6+/t13-,14?,15-,16+,19-/m0/s1. The van der Waals surface area contributed by atoms with E-state index in [-0.39, 0.29) is 18.3 Å². The third kappa shape index (κ3) is 3.41. The number of hydrogen-bond donors (Lipinski definition) is 1. The molecule has 2 fully saturated rings. The van der Waals surface area contributed by atoms with Gasteiger partial charge in [0.15, 0.2) is 0 Å². The van der Waals surface area contributed by atoms with E-state index >= 15 is 0 Å². The van der Waals surface area contributed by atoms with Gasteiger partial charge in [0.2, 0.25) is 0 Å². The van der Waals surface area contributed by atoms with Gasteiger partial charge in [-0.15, -0.1) is 0 Å². The smallest absolute Gasteiger partial charge is 0.334 e. The molecule has 2 aliphatic heterocycles. The highest BCUT2D eigenvalue weighted by Crippen LogP contribution is 2.48. The number of epoxide rings is 1. The Labute approximate surface area is 147 Å². The molecule has 0 bridgehead atoms. The highest BCUT2D eigenvalue weighted by atomic mass is 16.6. The van der Waals surface area contributed by atoms with Crippen molar-refractivity contribution in [1.82, 2.24) is 0 Å². The van der Waals surface area contributed by atoms with Crippen LogP contribution in [0.4, 0.5) is 0 Å². The third-order valence-corrected chi connectivity index (χ3v) is 5.22. The van der Waals surface area contributed by atoms with Crippen LogP contribution in [0.2, 0.25) is 0 Å². The summed E-state index contributed by atoms with van der Waals surface area (Å²) in [5.41, 5.74) is 1.04. The Hall–Kier alpha value is -1.92. The number of allylic oxidation sites excluding steroid dienone is 1. The summed E-state index contributed by atoms with van der Waals surface area (Å²) in [4.78, 5) is 23.6. The predicted octanol–water partition coefficient (Wildman–Crippen LogP) is 1.83. The molecule has 3 rings (SSSR count). The average molecular weight is 348 g/mol. The Morgan fingerprint density at radius 1 is 1.52 bits per heavy atom. The molecule has 6 heteroatoms. The number of aliphatic hydroxyl groups excluding tert-OH is 1. The summed E-state index contributed by atoms with van der Waals surface area (Å²) in [5, 5.41) is 10.7. The Bertz CT molecular complexity index is 663. The molecule has 1 unspecified atom stereocenters. The van der Waals surface area contributed by atoms with Crippen LogP contribution in [0.5, 0.6) is 0 Å². The zero-order chi connectivity index (χ0) is 18.4. The maximum atomic E-state index is 12.0. The van der Waals surface area contributed by atoms with Crippen molar-refractivity contribution in [3.8, 4) is 0 Å². The monoisotopic (exact) mass is 348 g/mol. The molecule has 0 aromatic carbocycles. The molecule has 0 radical (unpaired) electrons. The Kier molecular flexibility index (Phi) is 4.60. The molecular weight excluding hydrogens is 324 g/mol. The van der Waals surface area contributed by atoms with Crippen molar-refractivity contribution in [2.75, 3.05) is 6.61 Å². The first kappa shape index (κ1) is 17.9. The lowest BCUT2D eigenvalue weighted by atomic mass is 9.82. The van der Waals surface area contributed by atoms with Gasteiger partial charge in [0.1, 0.15) is 18.8 Å². The molecule has 136 valence electrons. The fourth-order valence-corrected chi connectivity index (χ4v) is 3.62. The number of carbonyl (C=O) groups excluding carboxylic acids is 2. The number of fused-ring (bicyclic) bond motifs is 2. The van der Waals surface area contributed by atoms with Crippen LogP contribution >= 0.6 is 0 Å². The molecule has 0 saturated carbocycles. The van der Waals surface area contributed by atoms with Gasteiger partial charge < -0.3 is 19.3 Å². The van der Waals surface area contributed by atoms with Crippen LogP contribution in [0.3, 0.4) is 0 Å². The van der Waals surface area contributed by atoms with Gasteiger partial charge in [-0.25, -0.2) is 9.59 Å². The summed E-state index contributed by atoms with van der Waals surface area (Å²) in [6.45, 7) is 11.0. The average Bonchev–Trinajstić information content (AvgIpc) is 3.14. The lowest BCUT2D eigenvalue weighted by Gasteiger charge is -2.24. The van der Waals surface area contributed by atoms with Gasteiger partial charge in [-0.3, -0.25) is 0 Å². The maximum Gasteiger partial charge on any atom is 0.334 e. The third-order valence-electron chi connectivity index (χ3n) is 5.22. The lowest BCUT2D eigenvalue weighted by Crippen LogP contribution is -2.36. The minimum absolute atomic E-state index is 0.107. The van der Waals surface area contributed by atoms with Gasteiger partial charge in [-0.05, 0) is 32.3 Å². The molecule has 1 aliphatic carbocycles. The predicted molar refractivity (Wildman–Crippen MR) is 89.5 cm³/mol.